The summed E-state index contributed by atoms with van der Waals surface area (Å²) in [7, 11) is -3.55. The van der Waals surface area contributed by atoms with Crippen LogP contribution >= 0.6 is 15.9 Å². The van der Waals surface area contributed by atoms with E-state index in [-0.39, 0.29) is 10.8 Å². The molecule has 1 N–H and O–H groups in total. The van der Waals surface area contributed by atoms with E-state index in [4.69, 9.17) is 0 Å². The summed E-state index contributed by atoms with van der Waals surface area (Å²) in [6, 6.07) is 6.80. The van der Waals surface area contributed by atoms with Crippen LogP contribution < -0.4 is 5.32 Å². The monoisotopic (exact) mass is 380 g/mol. The van der Waals surface area contributed by atoms with Crippen molar-refractivity contribution in [3.05, 3.63) is 34.3 Å². The lowest BCUT2D eigenvalue weighted by atomic mass is 10.1. The second-order valence-electron chi connectivity index (χ2n) is 5.52. The van der Waals surface area contributed by atoms with E-state index in [1.807, 2.05) is 0 Å². The normalized spacial score (nSPS) is 18.1. The fourth-order valence-electron chi connectivity index (χ4n) is 3.18. The molecule has 22 heavy (non-hydrogen) atoms. The smallest absolute Gasteiger partial charge is 0.256 e. The van der Waals surface area contributed by atoms with Crippen LogP contribution in [0.1, 0.15) is 23.2 Å². The summed E-state index contributed by atoms with van der Waals surface area (Å²) in [5.74, 6) is -0.197. The maximum Gasteiger partial charge on any atom is 0.256 e. The number of anilines is 1. The van der Waals surface area contributed by atoms with Crippen LogP contribution in [0.3, 0.4) is 0 Å². The fourth-order valence-corrected chi connectivity index (χ4v) is 5.59. The highest BCUT2D eigenvalue weighted by Gasteiger charge is 2.32. The van der Waals surface area contributed by atoms with Gasteiger partial charge in [0.2, 0.25) is 10.0 Å². The molecule has 0 spiro atoms. The molecule has 2 heterocycles. The first kappa shape index (κ1) is 14.2. The van der Waals surface area contributed by atoms with Gasteiger partial charge in [0, 0.05) is 33.9 Å². The number of benzene rings is 2. The van der Waals surface area contributed by atoms with Crippen molar-refractivity contribution in [2.24, 2.45) is 0 Å². The SMILES string of the molecule is O=C1Nc2c(Br)cc(S(=O)(=O)N3CCCC3)c3cccc1c23. The second-order valence-corrected chi connectivity index (χ2v) is 8.29. The van der Waals surface area contributed by atoms with Gasteiger partial charge in [-0.25, -0.2) is 8.42 Å². The molecule has 0 unspecified atom stereocenters. The van der Waals surface area contributed by atoms with E-state index in [2.05, 4.69) is 21.2 Å². The van der Waals surface area contributed by atoms with Crippen LogP contribution in [-0.2, 0) is 10.0 Å². The topological polar surface area (TPSA) is 66.5 Å². The molecule has 0 aromatic heterocycles. The molecular formula is C15H13BrN2O3S. The quantitative estimate of drug-likeness (QED) is 0.870. The molecule has 2 aromatic rings. The van der Waals surface area contributed by atoms with Crippen molar-refractivity contribution < 1.29 is 13.2 Å². The molecule has 0 saturated carbocycles. The van der Waals surface area contributed by atoms with E-state index in [0.29, 0.717) is 39.6 Å². The summed E-state index contributed by atoms with van der Waals surface area (Å²) in [5, 5.41) is 4.07. The second kappa shape index (κ2) is 4.78. The third kappa shape index (κ3) is 1.85. The van der Waals surface area contributed by atoms with Gasteiger partial charge < -0.3 is 5.32 Å². The summed E-state index contributed by atoms with van der Waals surface area (Å²) < 4.78 is 28.0. The number of hydrogen-bond acceptors (Lipinski definition) is 3. The van der Waals surface area contributed by atoms with Crippen LogP contribution in [-0.4, -0.2) is 31.7 Å². The lowest BCUT2D eigenvalue weighted by Crippen LogP contribution is -2.28. The maximum atomic E-state index is 12.9. The van der Waals surface area contributed by atoms with E-state index < -0.39 is 10.0 Å². The Bertz CT molecular complexity index is 918. The third-order valence-corrected chi connectivity index (χ3v) is 6.81. The summed E-state index contributed by atoms with van der Waals surface area (Å²) in [5.41, 5.74) is 1.17. The van der Waals surface area contributed by atoms with Gasteiger partial charge in [-0.05, 0) is 40.9 Å². The molecule has 7 heteroatoms. The van der Waals surface area contributed by atoms with Crippen LogP contribution in [0.5, 0.6) is 0 Å². The van der Waals surface area contributed by atoms with Crippen molar-refractivity contribution in [2.75, 3.05) is 18.4 Å². The van der Waals surface area contributed by atoms with Crippen LogP contribution in [0.15, 0.2) is 33.6 Å². The maximum absolute atomic E-state index is 12.9. The number of rotatable bonds is 2. The minimum absolute atomic E-state index is 0.197. The zero-order valence-corrected chi connectivity index (χ0v) is 14.0. The van der Waals surface area contributed by atoms with Crippen LogP contribution in [0.2, 0.25) is 0 Å². The molecule has 0 radical (unpaired) electrons. The Hall–Kier alpha value is -1.44. The first-order valence-electron chi connectivity index (χ1n) is 7.07. The van der Waals surface area contributed by atoms with E-state index in [1.165, 1.54) is 4.31 Å². The minimum Gasteiger partial charge on any atom is -0.320 e. The molecule has 1 amide bonds. The number of amides is 1. The van der Waals surface area contributed by atoms with Gasteiger partial charge in [0.1, 0.15) is 0 Å². The van der Waals surface area contributed by atoms with Crippen molar-refractivity contribution in [3.63, 3.8) is 0 Å². The lowest BCUT2D eigenvalue weighted by molar-refractivity contribution is 0.103. The zero-order chi connectivity index (χ0) is 15.5. The number of carbonyl (C=O) groups excluding carboxylic acids is 1. The summed E-state index contributed by atoms with van der Waals surface area (Å²) in [6.45, 7) is 1.11. The predicted octanol–water partition coefficient (Wildman–Crippen LogP) is 2.95. The molecule has 114 valence electrons. The number of nitrogens with one attached hydrogen (secondary N) is 1. The van der Waals surface area contributed by atoms with Gasteiger partial charge in [0.05, 0.1) is 10.6 Å². The van der Waals surface area contributed by atoms with E-state index >= 15 is 0 Å². The van der Waals surface area contributed by atoms with Gasteiger partial charge in [0.15, 0.2) is 0 Å². The molecule has 1 fully saturated rings. The van der Waals surface area contributed by atoms with Crippen molar-refractivity contribution >= 4 is 48.3 Å². The van der Waals surface area contributed by atoms with Crippen LogP contribution in [0, 0.1) is 0 Å². The van der Waals surface area contributed by atoms with E-state index in [9.17, 15) is 13.2 Å². The molecule has 2 aromatic carbocycles. The summed E-state index contributed by atoms with van der Waals surface area (Å²) in [6.07, 6.45) is 1.78. The molecule has 2 aliphatic rings. The van der Waals surface area contributed by atoms with Gasteiger partial charge in [-0.1, -0.05) is 12.1 Å². The average molecular weight is 381 g/mol. The number of halogens is 1. The Morgan fingerprint density at radius 3 is 2.64 bits per heavy atom. The molecule has 1 saturated heterocycles. The van der Waals surface area contributed by atoms with E-state index in [1.54, 1.807) is 24.3 Å². The minimum atomic E-state index is -3.55. The number of sulfonamides is 1. The summed E-state index contributed by atoms with van der Waals surface area (Å²) in [4.78, 5) is 12.3. The highest BCUT2D eigenvalue weighted by molar-refractivity contribution is 9.10. The molecule has 0 atom stereocenters. The lowest BCUT2D eigenvalue weighted by Gasteiger charge is -2.18. The number of hydrogen-bond donors (Lipinski definition) is 1. The predicted molar refractivity (Wildman–Crippen MR) is 87.6 cm³/mol. The Labute approximate surface area is 136 Å². The highest BCUT2D eigenvalue weighted by Crippen LogP contribution is 2.42. The van der Waals surface area contributed by atoms with Crippen molar-refractivity contribution in [2.45, 2.75) is 17.7 Å². The molecular weight excluding hydrogens is 368 g/mol. The Morgan fingerprint density at radius 1 is 1.18 bits per heavy atom. The van der Waals surface area contributed by atoms with Crippen LogP contribution in [0.25, 0.3) is 10.8 Å². The van der Waals surface area contributed by atoms with E-state index in [0.717, 1.165) is 12.8 Å². The van der Waals surface area contributed by atoms with Gasteiger partial charge in [0.25, 0.3) is 5.91 Å². The standard InChI is InChI=1S/C15H13BrN2O3S/c16-11-8-12(22(20,21)18-6-1-2-7-18)9-4-3-5-10-13(9)14(11)17-15(10)19/h3-5,8H,1-2,6-7H2,(H,17,19). The third-order valence-electron chi connectivity index (χ3n) is 4.24. The Balaban J connectivity index is 2.05. The average Bonchev–Trinajstić information content (AvgIpc) is 3.13. The van der Waals surface area contributed by atoms with Gasteiger partial charge in [-0.15, -0.1) is 0 Å². The first-order valence-corrected chi connectivity index (χ1v) is 9.30. The molecule has 0 bridgehead atoms. The van der Waals surface area contributed by atoms with Gasteiger partial charge in [-0.2, -0.15) is 4.31 Å². The van der Waals surface area contributed by atoms with Crippen molar-refractivity contribution in [1.29, 1.82) is 0 Å². The molecule has 5 nitrogen and oxygen atoms in total. The van der Waals surface area contributed by atoms with Gasteiger partial charge in [-0.3, -0.25) is 4.79 Å². The Kier molecular flexibility index (Phi) is 3.08. The molecule has 0 aliphatic carbocycles. The van der Waals surface area contributed by atoms with Crippen LogP contribution in [0.4, 0.5) is 5.69 Å². The molecule has 4 rings (SSSR count). The van der Waals surface area contributed by atoms with Gasteiger partial charge >= 0.3 is 0 Å². The largest absolute Gasteiger partial charge is 0.320 e. The highest BCUT2D eigenvalue weighted by atomic mass is 79.9. The first-order chi connectivity index (χ1) is 10.5. The van der Waals surface area contributed by atoms with Crippen molar-refractivity contribution in [3.8, 4) is 0 Å². The van der Waals surface area contributed by atoms with Crippen molar-refractivity contribution in [1.82, 2.24) is 4.31 Å². The Morgan fingerprint density at radius 2 is 1.91 bits per heavy atom. The fraction of sp³-hybridized carbons (Fsp3) is 0.267. The number of nitrogens with zero attached hydrogens (tertiary/aromatic N) is 1. The summed E-state index contributed by atoms with van der Waals surface area (Å²) >= 11 is 3.39. The molecule has 2 aliphatic heterocycles. The zero-order valence-electron chi connectivity index (χ0n) is 11.6. The number of carbonyl (C=O) groups is 1.